The number of carbonyl (C=O) groups is 4. The molecule has 6 rings (SSSR count). The molecule has 2 aromatic heterocycles. The van der Waals surface area contributed by atoms with E-state index in [-0.39, 0.29) is 25.3 Å². The summed E-state index contributed by atoms with van der Waals surface area (Å²) in [7, 11) is 1.57. The number of aromatic nitrogens is 3. The lowest BCUT2D eigenvalue weighted by Crippen LogP contribution is -2.56. The van der Waals surface area contributed by atoms with Gasteiger partial charge in [-0.05, 0) is 58.6 Å². The molecule has 3 amide bonds. The van der Waals surface area contributed by atoms with Crippen LogP contribution in [0, 0.1) is 5.92 Å². The van der Waals surface area contributed by atoms with Crippen LogP contribution in [0.1, 0.15) is 65.7 Å². The van der Waals surface area contributed by atoms with E-state index in [1.807, 2.05) is 18.2 Å². The number of benzene rings is 1. The molecule has 4 heterocycles. The van der Waals surface area contributed by atoms with Crippen LogP contribution in [0.15, 0.2) is 55.1 Å². The Kier molecular flexibility index (Phi) is 9.72. The smallest absolute Gasteiger partial charge is 0.408 e. The number of hydrogen-bond acceptors (Lipinski definition) is 9. The van der Waals surface area contributed by atoms with E-state index in [9.17, 15) is 24.3 Å². The van der Waals surface area contributed by atoms with Gasteiger partial charge in [0.05, 0.1) is 19.2 Å². The first-order valence-corrected chi connectivity index (χ1v) is 17.0. The van der Waals surface area contributed by atoms with Crippen LogP contribution in [0.4, 0.5) is 4.79 Å². The zero-order valence-electron chi connectivity index (χ0n) is 28.8. The average Bonchev–Trinajstić information content (AvgIpc) is 3.38. The van der Waals surface area contributed by atoms with Crippen LogP contribution in [0.5, 0.6) is 11.5 Å². The third-order valence-electron chi connectivity index (χ3n) is 9.34. The number of rotatable bonds is 6. The largest absolute Gasteiger partial charge is 0.497 e. The van der Waals surface area contributed by atoms with Crippen LogP contribution in [0.25, 0.3) is 16.7 Å². The van der Waals surface area contributed by atoms with Gasteiger partial charge in [-0.1, -0.05) is 25.0 Å². The topological polar surface area (TPSA) is 174 Å². The highest BCUT2D eigenvalue weighted by atomic mass is 16.6. The number of fused-ring (bicyclic) bond motifs is 3. The minimum absolute atomic E-state index is 0.0210. The molecular formula is C36H44N6O8. The van der Waals surface area contributed by atoms with Crippen LogP contribution < -0.4 is 20.1 Å². The standard InChI is InChI=1S/C36H44N6O8/c1-35(2,3)50-34(47)39-26-11-9-7-5-6-8-10-22-19-36(22,33(45)46)40-31(43)28-17-24(20-42(28)32(26)44)49-29-18-30(41-15-14-37-21-41)38-27-16-23(48-4)12-13-25(27)29/h8,10,12-16,18,21-22,24,26,28H,5-7,9,11,17,19-20H2,1-4H3,(H,39,47)(H,40,43)(H,45,46)/b10-8-/t22-,24-,26-,28+,36-/m1/s1. The Morgan fingerprint density at radius 2 is 1.96 bits per heavy atom. The normalized spacial score (nSPS) is 26.4. The summed E-state index contributed by atoms with van der Waals surface area (Å²) in [5, 5.41) is 16.4. The summed E-state index contributed by atoms with van der Waals surface area (Å²) in [6, 6.07) is 5.16. The number of carboxylic acid groups (broad SMARTS) is 1. The van der Waals surface area contributed by atoms with Gasteiger partial charge in [0.2, 0.25) is 11.8 Å². The summed E-state index contributed by atoms with van der Waals surface area (Å²) in [5.74, 6) is -0.902. The highest BCUT2D eigenvalue weighted by molar-refractivity contribution is 5.96. The third-order valence-corrected chi connectivity index (χ3v) is 9.34. The minimum atomic E-state index is -1.45. The van der Waals surface area contributed by atoms with Crippen LogP contribution in [0.2, 0.25) is 0 Å². The van der Waals surface area contributed by atoms with Crippen LogP contribution >= 0.6 is 0 Å². The molecule has 0 bridgehead atoms. The van der Waals surface area contributed by atoms with Crippen molar-refractivity contribution in [2.24, 2.45) is 5.92 Å². The SMILES string of the molecule is COc1ccc2c(O[C@@H]3C[C@H]4C(=O)N[C@]5(C(=O)O)C[C@H]5/C=C\CCCCC[C@@H](NC(=O)OC(C)(C)C)C(=O)N4C3)cc(-n3ccnc3)nc2c1. The molecule has 266 valence electrons. The predicted octanol–water partition coefficient (Wildman–Crippen LogP) is 4.15. The molecular weight excluding hydrogens is 644 g/mol. The highest BCUT2D eigenvalue weighted by Gasteiger charge is 2.61. The van der Waals surface area contributed by atoms with E-state index in [2.05, 4.69) is 15.6 Å². The van der Waals surface area contributed by atoms with Gasteiger partial charge in [0.15, 0.2) is 0 Å². The molecule has 14 heteroatoms. The Morgan fingerprint density at radius 1 is 1.14 bits per heavy atom. The van der Waals surface area contributed by atoms with Gasteiger partial charge in [-0.3, -0.25) is 14.2 Å². The summed E-state index contributed by atoms with van der Waals surface area (Å²) < 4.78 is 19.3. The van der Waals surface area contributed by atoms with Crippen molar-refractivity contribution in [3.63, 3.8) is 0 Å². The van der Waals surface area contributed by atoms with Crippen molar-refractivity contribution in [1.29, 1.82) is 0 Å². The van der Waals surface area contributed by atoms with Crippen molar-refractivity contribution in [2.75, 3.05) is 13.7 Å². The van der Waals surface area contributed by atoms with Crippen molar-refractivity contribution in [1.82, 2.24) is 30.1 Å². The summed E-state index contributed by atoms with van der Waals surface area (Å²) in [6.45, 7) is 5.23. The number of methoxy groups -OCH3 is 1. The van der Waals surface area contributed by atoms with E-state index in [1.54, 1.807) is 69.4 Å². The molecule has 1 saturated heterocycles. The zero-order valence-corrected chi connectivity index (χ0v) is 28.8. The maximum Gasteiger partial charge on any atom is 0.408 e. The number of nitrogens with zero attached hydrogens (tertiary/aromatic N) is 4. The van der Waals surface area contributed by atoms with Crippen molar-refractivity contribution < 1.29 is 38.5 Å². The minimum Gasteiger partial charge on any atom is -0.497 e. The van der Waals surface area contributed by atoms with Gasteiger partial charge in [-0.2, -0.15) is 0 Å². The Labute approximate surface area is 290 Å². The zero-order chi connectivity index (χ0) is 35.6. The van der Waals surface area contributed by atoms with E-state index >= 15 is 0 Å². The van der Waals surface area contributed by atoms with E-state index < -0.39 is 53.2 Å². The first kappa shape index (κ1) is 34.7. The second-order valence-corrected chi connectivity index (χ2v) is 14.2. The van der Waals surface area contributed by atoms with E-state index in [4.69, 9.17) is 19.2 Å². The number of imidazole rings is 1. The van der Waals surface area contributed by atoms with Crippen LogP contribution in [-0.2, 0) is 19.1 Å². The lowest BCUT2D eigenvalue weighted by molar-refractivity contribution is -0.145. The number of ether oxygens (including phenoxy) is 3. The Morgan fingerprint density at radius 3 is 2.68 bits per heavy atom. The Balaban J connectivity index is 1.34. The van der Waals surface area contributed by atoms with Gasteiger partial charge >= 0.3 is 12.1 Å². The molecule has 5 atom stereocenters. The molecule has 2 aliphatic heterocycles. The molecule has 3 aliphatic rings. The van der Waals surface area contributed by atoms with Crippen molar-refractivity contribution in [3.8, 4) is 17.3 Å². The number of alkyl carbamates (subject to hydrolysis) is 1. The number of aliphatic carboxylic acids is 1. The summed E-state index contributed by atoms with van der Waals surface area (Å²) in [5.41, 5.74) is -1.63. The second-order valence-electron chi connectivity index (χ2n) is 14.2. The molecule has 0 unspecified atom stereocenters. The van der Waals surface area contributed by atoms with Gasteiger partial charge in [-0.25, -0.2) is 19.6 Å². The van der Waals surface area contributed by atoms with Gasteiger partial charge in [0.1, 0.15) is 53.0 Å². The van der Waals surface area contributed by atoms with Crippen molar-refractivity contribution in [3.05, 3.63) is 55.1 Å². The van der Waals surface area contributed by atoms with E-state index in [1.165, 1.54) is 4.90 Å². The van der Waals surface area contributed by atoms with Crippen LogP contribution in [0.3, 0.4) is 0 Å². The number of allylic oxidation sites excluding steroid dienone is 1. The molecule has 0 spiro atoms. The summed E-state index contributed by atoms with van der Waals surface area (Å²) in [6.07, 6.45) is 11.1. The maximum atomic E-state index is 14.4. The number of hydrogen-bond donors (Lipinski definition) is 3. The van der Waals surface area contributed by atoms with Gasteiger partial charge in [-0.15, -0.1) is 0 Å². The monoisotopic (exact) mass is 688 g/mol. The summed E-state index contributed by atoms with van der Waals surface area (Å²) in [4.78, 5) is 64.1. The Bertz CT molecular complexity index is 1790. The van der Waals surface area contributed by atoms with E-state index in [0.717, 1.165) is 19.3 Å². The molecule has 3 aromatic rings. The first-order chi connectivity index (χ1) is 23.9. The molecule has 1 aliphatic carbocycles. The molecule has 2 fully saturated rings. The molecule has 1 saturated carbocycles. The lowest BCUT2D eigenvalue weighted by Gasteiger charge is -2.30. The number of carbonyl (C=O) groups excluding carboxylic acids is 3. The number of carboxylic acids is 1. The number of pyridine rings is 1. The number of nitrogens with one attached hydrogen (secondary N) is 2. The maximum absolute atomic E-state index is 14.4. The Hall–Kier alpha value is -5.14. The molecule has 50 heavy (non-hydrogen) atoms. The summed E-state index contributed by atoms with van der Waals surface area (Å²) >= 11 is 0. The molecule has 3 N–H and O–H groups in total. The van der Waals surface area contributed by atoms with Gasteiger partial charge in [0, 0.05) is 42.3 Å². The highest BCUT2D eigenvalue weighted by Crippen LogP contribution is 2.45. The fourth-order valence-corrected chi connectivity index (χ4v) is 6.69. The fraction of sp³-hybridized carbons (Fsp3) is 0.500. The van der Waals surface area contributed by atoms with Crippen molar-refractivity contribution >= 4 is 34.8 Å². The fourth-order valence-electron chi connectivity index (χ4n) is 6.69. The van der Waals surface area contributed by atoms with Gasteiger partial charge < -0.3 is 34.9 Å². The molecule has 0 radical (unpaired) electrons. The average molecular weight is 689 g/mol. The second kappa shape index (κ2) is 14.0. The lowest BCUT2D eigenvalue weighted by atomic mass is 10.0. The number of amides is 3. The molecule has 1 aromatic carbocycles. The third kappa shape index (κ3) is 7.53. The molecule has 14 nitrogen and oxygen atoms in total. The van der Waals surface area contributed by atoms with Crippen molar-refractivity contribution in [2.45, 2.75) is 95.0 Å². The van der Waals surface area contributed by atoms with Gasteiger partial charge in [0.25, 0.3) is 0 Å². The first-order valence-electron chi connectivity index (χ1n) is 17.0. The van der Waals surface area contributed by atoms with E-state index in [0.29, 0.717) is 41.1 Å². The quantitative estimate of drug-likeness (QED) is 0.319. The van der Waals surface area contributed by atoms with Crippen LogP contribution in [-0.4, -0.2) is 91.4 Å². The predicted molar refractivity (Wildman–Crippen MR) is 182 cm³/mol.